The molecule has 0 unspecified atom stereocenters. The molecule has 0 fully saturated rings. The van der Waals surface area contributed by atoms with Gasteiger partial charge in [0.15, 0.2) is 18.9 Å². The summed E-state index contributed by atoms with van der Waals surface area (Å²) in [5.41, 5.74) is 4.40. The third-order valence-corrected chi connectivity index (χ3v) is 5.29. The molecule has 5 aromatic rings. The molecule has 0 radical (unpaired) electrons. The number of aromatic nitrogens is 2. The molecule has 0 spiro atoms. The molecule has 5 rings (SSSR count). The SMILES string of the molecule is Fc1ccccc1C[n+]1ccc(Cn2c3ccccc3c3ccccc32)cc1. The van der Waals surface area contributed by atoms with Gasteiger partial charge >= 0.3 is 0 Å². The van der Waals surface area contributed by atoms with Gasteiger partial charge in [0, 0.05) is 40.5 Å². The van der Waals surface area contributed by atoms with Crippen LogP contribution in [0, 0.1) is 5.82 Å². The second-order valence-corrected chi connectivity index (χ2v) is 7.09. The molecular formula is C25H20FN2+. The van der Waals surface area contributed by atoms with E-state index in [1.807, 2.05) is 29.1 Å². The van der Waals surface area contributed by atoms with Crippen LogP contribution in [0.1, 0.15) is 11.1 Å². The first-order chi connectivity index (χ1) is 13.8. The Labute approximate surface area is 163 Å². The molecular weight excluding hydrogens is 347 g/mol. The molecule has 2 heterocycles. The maximum Gasteiger partial charge on any atom is 0.176 e. The van der Waals surface area contributed by atoms with E-state index in [1.54, 1.807) is 6.07 Å². The first kappa shape index (κ1) is 16.7. The zero-order valence-corrected chi connectivity index (χ0v) is 15.4. The number of rotatable bonds is 4. The number of pyridine rings is 1. The summed E-state index contributed by atoms with van der Waals surface area (Å²) in [6.07, 6.45) is 4.05. The fourth-order valence-corrected chi connectivity index (χ4v) is 3.88. The highest BCUT2D eigenvalue weighted by Crippen LogP contribution is 2.29. The quantitative estimate of drug-likeness (QED) is 0.380. The number of halogens is 1. The van der Waals surface area contributed by atoms with Crippen molar-refractivity contribution in [3.05, 3.63) is 114 Å². The highest BCUT2D eigenvalue weighted by atomic mass is 19.1. The Bertz CT molecular complexity index is 1220. The Morgan fingerprint density at radius 2 is 1.25 bits per heavy atom. The van der Waals surface area contributed by atoms with E-state index in [9.17, 15) is 4.39 Å². The number of benzene rings is 3. The fraction of sp³-hybridized carbons (Fsp3) is 0.0800. The van der Waals surface area contributed by atoms with Gasteiger partial charge in [0.25, 0.3) is 0 Å². The Balaban J connectivity index is 1.47. The molecule has 0 bridgehead atoms. The summed E-state index contributed by atoms with van der Waals surface area (Å²) in [6.45, 7) is 1.33. The van der Waals surface area contributed by atoms with Crippen LogP contribution in [0.25, 0.3) is 21.8 Å². The fourth-order valence-electron chi connectivity index (χ4n) is 3.88. The number of hydrogen-bond donors (Lipinski definition) is 0. The van der Waals surface area contributed by atoms with E-state index in [2.05, 4.69) is 65.2 Å². The third-order valence-electron chi connectivity index (χ3n) is 5.29. The van der Waals surface area contributed by atoms with Gasteiger partial charge in [-0.3, -0.25) is 0 Å². The van der Waals surface area contributed by atoms with E-state index in [4.69, 9.17) is 0 Å². The van der Waals surface area contributed by atoms with E-state index >= 15 is 0 Å². The lowest BCUT2D eigenvalue weighted by Crippen LogP contribution is -2.33. The second kappa shape index (κ2) is 6.93. The molecule has 0 saturated carbocycles. The zero-order valence-electron chi connectivity index (χ0n) is 15.4. The minimum atomic E-state index is -0.163. The molecule has 28 heavy (non-hydrogen) atoms. The largest absolute Gasteiger partial charge is 0.336 e. The number of para-hydroxylation sites is 2. The average molecular weight is 367 g/mol. The topological polar surface area (TPSA) is 8.81 Å². The third kappa shape index (κ3) is 2.95. The molecule has 0 amide bonds. The number of hydrogen-bond acceptors (Lipinski definition) is 0. The van der Waals surface area contributed by atoms with Gasteiger partial charge < -0.3 is 4.57 Å². The Kier molecular flexibility index (Phi) is 4.13. The lowest BCUT2D eigenvalue weighted by atomic mass is 10.2. The van der Waals surface area contributed by atoms with Gasteiger partial charge in [0.1, 0.15) is 5.82 Å². The van der Waals surface area contributed by atoms with Crippen molar-refractivity contribution >= 4 is 21.8 Å². The molecule has 0 N–H and O–H groups in total. The molecule has 0 aliphatic carbocycles. The number of nitrogens with zero attached hydrogens (tertiary/aromatic N) is 2. The van der Waals surface area contributed by atoms with E-state index in [0.717, 1.165) is 6.54 Å². The Hall–Kier alpha value is -3.46. The van der Waals surface area contributed by atoms with Gasteiger partial charge in [0.05, 0.1) is 5.56 Å². The normalized spacial score (nSPS) is 11.3. The monoisotopic (exact) mass is 367 g/mol. The van der Waals surface area contributed by atoms with Crippen molar-refractivity contribution in [1.29, 1.82) is 0 Å². The van der Waals surface area contributed by atoms with Crippen LogP contribution in [0.2, 0.25) is 0 Å². The first-order valence-corrected chi connectivity index (χ1v) is 9.47. The molecule has 2 nitrogen and oxygen atoms in total. The van der Waals surface area contributed by atoms with E-state index in [1.165, 1.54) is 33.4 Å². The van der Waals surface area contributed by atoms with E-state index in [-0.39, 0.29) is 5.82 Å². The van der Waals surface area contributed by atoms with Crippen LogP contribution in [0.4, 0.5) is 4.39 Å². The highest BCUT2D eigenvalue weighted by molar-refractivity contribution is 6.08. The maximum absolute atomic E-state index is 13.9. The molecule has 0 aliphatic heterocycles. The number of fused-ring (bicyclic) bond motifs is 3. The van der Waals surface area contributed by atoms with Crippen molar-refractivity contribution in [2.45, 2.75) is 13.1 Å². The van der Waals surface area contributed by atoms with Crippen LogP contribution in [-0.2, 0) is 13.1 Å². The summed E-state index contributed by atoms with van der Waals surface area (Å²) < 4.78 is 18.3. The Morgan fingerprint density at radius 1 is 0.679 bits per heavy atom. The summed E-state index contributed by atoms with van der Waals surface area (Å²) >= 11 is 0. The van der Waals surface area contributed by atoms with Crippen molar-refractivity contribution in [2.24, 2.45) is 0 Å². The second-order valence-electron chi connectivity index (χ2n) is 7.09. The summed E-state index contributed by atoms with van der Waals surface area (Å²) in [5, 5.41) is 2.56. The summed E-state index contributed by atoms with van der Waals surface area (Å²) in [4.78, 5) is 0. The average Bonchev–Trinajstić information content (AvgIpc) is 3.05. The zero-order chi connectivity index (χ0) is 18.9. The van der Waals surface area contributed by atoms with Gasteiger partial charge in [-0.2, -0.15) is 0 Å². The predicted molar refractivity (Wildman–Crippen MR) is 111 cm³/mol. The molecule has 2 aromatic heterocycles. The lowest BCUT2D eigenvalue weighted by Gasteiger charge is -2.07. The van der Waals surface area contributed by atoms with Gasteiger partial charge in [-0.1, -0.05) is 48.5 Å². The molecule has 0 saturated heterocycles. The molecule has 3 aromatic carbocycles. The van der Waals surface area contributed by atoms with Crippen LogP contribution >= 0.6 is 0 Å². The van der Waals surface area contributed by atoms with E-state index < -0.39 is 0 Å². The van der Waals surface area contributed by atoms with Gasteiger partial charge in [-0.25, -0.2) is 8.96 Å². The minimum Gasteiger partial charge on any atom is -0.336 e. The minimum absolute atomic E-state index is 0.163. The van der Waals surface area contributed by atoms with Crippen LogP contribution in [-0.4, -0.2) is 4.57 Å². The first-order valence-electron chi connectivity index (χ1n) is 9.47. The highest BCUT2D eigenvalue weighted by Gasteiger charge is 2.11. The molecule has 136 valence electrons. The molecule has 3 heteroatoms. The van der Waals surface area contributed by atoms with Crippen LogP contribution in [0.5, 0.6) is 0 Å². The van der Waals surface area contributed by atoms with Crippen molar-refractivity contribution in [3.8, 4) is 0 Å². The van der Waals surface area contributed by atoms with Gasteiger partial charge in [-0.05, 0) is 29.8 Å². The van der Waals surface area contributed by atoms with Crippen molar-refractivity contribution in [2.75, 3.05) is 0 Å². The summed E-state index contributed by atoms with van der Waals surface area (Å²) in [6, 6.07) is 28.2. The van der Waals surface area contributed by atoms with Gasteiger partial charge in [-0.15, -0.1) is 0 Å². The van der Waals surface area contributed by atoms with Crippen molar-refractivity contribution in [3.63, 3.8) is 0 Å². The Morgan fingerprint density at radius 3 is 1.89 bits per heavy atom. The maximum atomic E-state index is 13.9. The summed E-state index contributed by atoms with van der Waals surface area (Å²) in [7, 11) is 0. The lowest BCUT2D eigenvalue weighted by molar-refractivity contribution is -0.688. The van der Waals surface area contributed by atoms with Crippen molar-refractivity contribution < 1.29 is 8.96 Å². The van der Waals surface area contributed by atoms with Crippen LogP contribution in [0.3, 0.4) is 0 Å². The predicted octanol–water partition coefficient (Wildman–Crippen LogP) is 5.32. The van der Waals surface area contributed by atoms with Crippen LogP contribution < -0.4 is 4.57 Å². The molecule has 0 aliphatic rings. The van der Waals surface area contributed by atoms with Crippen LogP contribution in [0.15, 0.2) is 97.3 Å². The standard InChI is InChI=1S/C25H20FN2/c26-23-10-4-1-7-20(23)18-27-15-13-19(14-16-27)17-28-24-11-5-2-8-21(24)22-9-3-6-12-25(22)28/h1-16H,17-18H2/q+1. The smallest absolute Gasteiger partial charge is 0.176 e. The van der Waals surface area contributed by atoms with E-state index in [0.29, 0.717) is 12.1 Å². The van der Waals surface area contributed by atoms with Gasteiger partial charge in [0.2, 0.25) is 0 Å². The van der Waals surface area contributed by atoms with Crippen molar-refractivity contribution in [1.82, 2.24) is 4.57 Å². The summed E-state index contributed by atoms with van der Waals surface area (Å²) in [5.74, 6) is -0.163. The molecule has 0 atom stereocenters.